The number of carbonyl (C=O) groups excluding carboxylic acids is 1. The van der Waals surface area contributed by atoms with Gasteiger partial charge in [0.05, 0.1) is 34.6 Å². The fourth-order valence-corrected chi connectivity index (χ4v) is 5.31. The molecule has 7 nitrogen and oxygen atoms in total. The molecule has 3 aromatic rings. The van der Waals surface area contributed by atoms with Gasteiger partial charge in [-0.25, -0.2) is 13.4 Å². The summed E-state index contributed by atoms with van der Waals surface area (Å²) in [6.07, 6.45) is 2.44. The predicted octanol–water partition coefficient (Wildman–Crippen LogP) is 2.65. The molecule has 0 atom stereocenters. The average Bonchev–Trinajstić information content (AvgIpc) is 3.21. The first-order valence-corrected chi connectivity index (χ1v) is 10.6. The number of ether oxygens (including phenoxy) is 1. The molecule has 1 fully saturated rings. The van der Waals surface area contributed by atoms with Gasteiger partial charge in [-0.3, -0.25) is 4.79 Å². The van der Waals surface area contributed by atoms with Gasteiger partial charge >= 0.3 is 0 Å². The zero-order chi connectivity index (χ0) is 19.7. The summed E-state index contributed by atoms with van der Waals surface area (Å²) in [6, 6.07) is 11.8. The Hall–Kier alpha value is -2.87. The van der Waals surface area contributed by atoms with E-state index in [2.05, 4.69) is 9.97 Å². The minimum atomic E-state index is -3.43. The second kappa shape index (κ2) is 7.27. The van der Waals surface area contributed by atoms with E-state index in [1.165, 1.54) is 0 Å². The van der Waals surface area contributed by atoms with Gasteiger partial charge in [-0.05, 0) is 55.3 Å². The number of aromatic nitrogens is 2. The summed E-state index contributed by atoms with van der Waals surface area (Å²) < 4.78 is 30.9. The number of rotatable bonds is 4. The van der Waals surface area contributed by atoms with Crippen LogP contribution in [0, 0.1) is 0 Å². The first kappa shape index (κ1) is 18.5. The van der Waals surface area contributed by atoms with E-state index in [-0.39, 0.29) is 5.91 Å². The number of nitrogens with zero attached hydrogens (tertiary/aromatic N) is 2. The minimum Gasteiger partial charge on any atom is -0.497 e. The highest BCUT2D eigenvalue weighted by atomic mass is 32.2. The summed E-state index contributed by atoms with van der Waals surface area (Å²) in [6.45, 7) is 0.833. The standard InChI is InChI=1S/C20H21N3O4S/c1-27-15-3-5-16(6-4-15)28(25,26)17-8-10-23(11-9-17)20(24)14-2-7-18-19(12-14)22-13-21-18/h2-7,12-13,17H,8-11H2,1H3,(H,21,22). The number of nitrogens with one attached hydrogen (secondary N) is 1. The molecule has 1 N–H and O–H groups in total. The Balaban J connectivity index is 1.45. The van der Waals surface area contributed by atoms with Crippen molar-refractivity contribution in [2.75, 3.05) is 20.2 Å². The van der Waals surface area contributed by atoms with E-state index in [0.717, 1.165) is 11.0 Å². The topological polar surface area (TPSA) is 92.4 Å². The van der Waals surface area contributed by atoms with Crippen molar-refractivity contribution >= 4 is 26.8 Å². The van der Waals surface area contributed by atoms with Crippen molar-refractivity contribution in [1.82, 2.24) is 14.9 Å². The zero-order valence-electron chi connectivity index (χ0n) is 15.5. The van der Waals surface area contributed by atoms with Gasteiger partial charge in [0.25, 0.3) is 5.91 Å². The van der Waals surface area contributed by atoms with Crippen molar-refractivity contribution in [2.45, 2.75) is 23.0 Å². The molecule has 2 aromatic carbocycles. The minimum absolute atomic E-state index is 0.0863. The van der Waals surface area contributed by atoms with E-state index in [4.69, 9.17) is 4.74 Å². The maximum Gasteiger partial charge on any atom is 0.253 e. The van der Waals surface area contributed by atoms with E-state index < -0.39 is 15.1 Å². The summed E-state index contributed by atoms with van der Waals surface area (Å²) in [4.78, 5) is 22.0. The molecule has 8 heteroatoms. The number of aromatic amines is 1. The molecule has 1 aromatic heterocycles. The summed E-state index contributed by atoms with van der Waals surface area (Å²) >= 11 is 0. The zero-order valence-corrected chi connectivity index (χ0v) is 16.3. The molecule has 1 aliphatic rings. The highest BCUT2D eigenvalue weighted by Gasteiger charge is 2.33. The number of sulfone groups is 1. The number of imidazole rings is 1. The number of carbonyl (C=O) groups is 1. The number of hydrogen-bond donors (Lipinski definition) is 1. The van der Waals surface area contributed by atoms with Crippen molar-refractivity contribution in [1.29, 1.82) is 0 Å². The van der Waals surface area contributed by atoms with Crippen molar-refractivity contribution < 1.29 is 17.9 Å². The molecular weight excluding hydrogens is 378 g/mol. The van der Waals surface area contributed by atoms with Crippen molar-refractivity contribution in [3.05, 3.63) is 54.4 Å². The number of fused-ring (bicyclic) bond motifs is 1. The Labute approximate surface area is 163 Å². The lowest BCUT2D eigenvalue weighted by atomic mass is 10.1. The maximum atomic E-state index is 12.9. The SMILES string of the molecule is COc1ccc(S(=O)(=O)C2CCN(C(=O)c3ccc4nc[nH]c4c3)CC2)cc1. The summed E-state index contributed by atoms with van der Waals surface area (Å²) in [5, 5.41) is -0.486. The number of amides is 1. The third-order valence-electron chi connectivity index (χ3n) is 5.22. The lowest BCUT2D eigenvalue weighted by Gasteiger charge is -2.31. The third-order valence-corrected chi connectivity index (χ3v) is 7.50. The van der Waals surface area contributed by atoms with Gasteiger partial charge in [-0.2, -0.15) is 0 Å². The maximum absolute atomic E-state index is 12.9. The Morgan fingerprint density at radius 3 is 2.54 bits per heavy atom. The number of benzene rings is 2. The van der Waals surface area contributed by atoms with E-state index in [0.29, 0.717) is 42.1 Å². The second-order valence-electron chi connectivity index (χ2n) is 6.85. The molecule has 0 spiro atoms. The molecule has 0 aliphatic carbocycles. The fraction of sp³-hybridized carbons (Fsp3) is 0.300. The Morgan fingerprint density at radius 1 is 1.14 bits per heavy atom. The van der Waals surface area contributed by atoms with Gasteiger partial charge in [0, 0.05) is 18.7 Å². The summed E-state index contributed by atoms with van der Waals surface area (Å²) in [5.74, 6) is 0.533. The van der Waals surface area contributed by atoms with Gasteiger partial charge in [-0.15, -0.1) is 0 Å². The van der Waals surface area contributed by atoms with Crippen LogP contribution >= 0.6 is 0 Å². The van der Waals surface area contributed by atoms with Crippen LogP contribution in [0.3, 0.4) is 0 Å². The number of H-pyrrole nitrogens is 1. The summed E-state index contributed by atoms with van der Waals surface area (Å²) in [7, 11) is -1.89. The fourth-order valence-electron chi connectivity index (χ4n) is 3.58. The molecule has 1 saturated heterocycles. The molecule has 0 unspecified atom stereocenters. The van der Waals surface area contributed by atoms with Gasteiger partial charge < -0.3 is 14.6 Å². The van der Waals surface area contributed by atoms with Crippen LogP contribution in [0.1, 0.15) is 23.2 Å². The molecule has 146 valence electrons. The lowest BCUT2D eigenvalue weighted by Crippen LogP contribution is -2.42. The summed E-state index contributed by atoms with van der Waals surface area (Å²) in [5.41, 5.74) is 2.19. The first-order valence-electron chi connectivity index (χ1n) is 9.09. The van der Waals surface area contributed by atoms with Gasteiger partial charge in [0.2, 0.25) is 0 Å². The average molecular weight is 399 g/mol. The van der Waals surface area contributed by atoms with E-state index in [9.17, 15) is 13.2 Å². The first-order chi connectivity index (χ1) is 13.5. The van der Waals surface area contributed by atoms with Crippen LogP contribution in [0.2, 0.25) is 0 Å². The molecule has 1 amide bonds. The van der Waals surface area contributed by atoms with Crippen LogP contribution in [0.15, 0.2) is 53.7 Å². The van der Waals surface area contributed by atoms with Crippen LogP contribution < -0.4 is 4.74 Å². The smallest absolute Gasteiger partial charge is 0.253 e. The largest absolute Gasteiger partial charge is 0.497 e. The van der Waals surface area contributed by atoms with Crippen LogP contribution in [-0.2, 0) is 9.84 Å². The van der Waals surface area contributed by atoms with Crippen molar-refractivity contribution in [2.24, 2.45) is 0 Å². The molecular formula is C20H21N3O4S. The molecule has 0 bridgehead atoms. The van der Waals surface area contributed by atoms with E-state index in [1.54, 1.807) is 60.8 Å². The van der Waals surface area contributed by atoms with E-state index in [1.807, 2.05) is 0 Å². The van der Waals surface area contributed by atoms with Gasteiger partial charge in [0.15, 0.2) is 9.84 Å². The number of hydrogen-bond acceptors (Lipinski definition) is 5. The number of methoxy groups -OCH3 is 1. The molecule has 0 saturated carbocycles. The molecule has 1 aliphatic heterocycles. The Bertz CT molecular complexity index is 1100. The third kappa shape index (κ3) is 3.35. The second-order valence-corrected chi connectivity index (χ2v) is 9.07. The number of piperidine rings is 1. The monoisotopic (exact) mass is 399 g/mol. The van der Waals surface area contributed by atoms with Crippen LogP contribution in [0.5, 0.6) is 5.75 Å². The highest BCUT2D eigenvalue weighted by Crippen LogP contribution is 2.27. The van der Waals surface area contributed by atoms with Crippen molar-refractivity contribution in [3.8, 4) is 5.75 Å². The van der Waals surface area contributed by atoms with Crippen molar-refractivity contribution in [3.63, 3.8) is 0 Å². The molecule has 2 heterocycles. The van der Waals surface area contributed by atoms with E-state index >= 15 is 0 Å². The highest BCUT2D eigenvalue weighted by molar-refractivity contribution is 7.92. The predicted molar refractivity (Wildman–Crippen MR) is 105 cm³/mol. The molecule has 28 heavy (non-hydrogen) atoms. The van der Waals surface area contributed by atoms with Crippen LogP contribution in [0.4, 0.5) is 0 Å². The van der Waals surface area contributed by atoms with Crippen LogP contribution in [-0.4, -0.2) is 54.6 Å². The Kier molecular flexibility index (Phi) is 4.80. The lowest BCUT2D eigenvalue weighted by molar-refractivity contribution is 0.0726. The number of likely N-dealkylation sites (tertiary alicyclic amines) is 1. The Morgan fingerprint density at radius 2 is 1.86 bits per heavy atom. The quantitative estimate of drug-likeness (QED) is 0.728. The van der Waals surface area contributed by atoms with Gasteiger partial charge in [0.1, 0.15) is 5.75 Å². The molecule has 4 rings (SSSR count). The molecule has 0 radical (unpaired) electrons. The van der Waals surface area contributed by atoms with Crippen LogP contribution in [0.25, 0.3) is 11.0 Å². The normalized spacial score (nSPS) is 15.7. The van der Waals surface area contributed by atoms with Gasteiger partial charge in [-0.1, -0.05) is 0 Å².